The summed E-state index contributed by atoms with van der Waals surface area (Å²) < 4.78 is 20.1. The van der Waals surface area contributed by atoms with Gasteiger partial charge in [-0.2, -0.15) is 4.98 Å². The van der Waals surface area contributed by atoms with Gasteiger partial charge in [0.2, 0.25) is 5.89 Å². The number of oxazole rings is 1. The Labute approximate surface area is 112 Å². The van der Waals surface area contributed by atoms with Gasteiger partial charge in [0.15, 0.2) is 5.52 Å². The van der Waals surface area contributed by atoms with Crippen LogP contribution in [0.5, 0.6) is 0 Å². The predicted octanol–water partition coefficient (Wildman–Crippen LogP) is 2.14. The normalized spacial score (nSPS) is 13.8. The van der Waals surface area contributed by atoms with Crippen molar-refractivity contribution in [3.05, 3.63) is 46.3 Å². The van der Waals surface area contributed by atoms with E-state index in [1.807, 2.05) is 0 Å². The van der Waals surface area contributed by atoms with Gasteiger partial charge in [-0.15, -0.1) is 0 Å². The fourth-order valence-corrected chi connectivity index (χ4v) is 2.48. The number of rotatable bonds is 1. The number of benzene rings is 1. The average Bonchev–Trinajstić information content (AvgIpc) is 3.06. The van der Waals surface area contributed by atoms with Crippen LogP contribution in [0.15, 0.2) is 33.5 Å². The van der Waals surface area contributed by atoms with Crippen molar-refractivity contribution in [2.45, 2.75) is 19.4 Å². The highest BCUT2D eigenvalue weighted by atomic mass is 19.1. The molecule has 1 aliphatic rings. The smallest absolute Gasteiger partial charge is 0.283 e. The second kappa shape index (κ2) is 4.00. The highest BCUT2D eigenvalue weighted by Gasteiger charge is 2.20. The molecule has 1 aromatic carbocycles. The third-order valence-electron chi connectivity index (χ3n) is 3.47. The van der Waals surface area contributed by atoms with Gasteiger partial charge in [0.05, 0.1) is 0 Å². The maximum Gasteiger partial charge on any atom is 0.283 e. The second-order valence-electron chi connectivity index (χ2n) is 4.77. The summed E-state index contributed by atoms with van der Waals surface area (Å²) in [5, 5.41) is 0. The molecule has 0 spiro atoms. The van der Waals surface area contributed by atoms with E-state index in [9.17, 15) is 9.18 Å². The number of hydrogen-bond acceptors (Lipinski definition) is 4. The van der Waals surface area contributed by atoms with Gasteiger partial charge in [0.25, 0.3) is 11.3 Å². The third kappa shape index (κ3) is 1.57. The first-order chi connectivity index (χ1) is 9.72. The van der Waals surface area contributed by atoms with Gasteiger partial charge in [0.1, 0.15) is 11.6 Å². The maximum absolute atomic E-state index is 12.9. The molecule has 100 valence electrons. The lowest BCUT2D eigenvalue weighted by molar-refractivity contribution is 0.601. The first kappa shape index (κ1) is 11.3. The maximum atomic E-state index is 12.9. The van der Waals surface area contributed by atoms with Crippen molar-refractivity contribution in [1.82, 2.24) is 14.5 Å². The van der Waals surface area contributed by atoms with E-state index in [2.05, 4.69) is 9.97 Å². The highest BCUT2D eigenvalue weighted by molar-refractivity contribution is 5.71. The summed E-state index contributed by atoms with van der Waals surface area (Å²) in [6.45, 7) is 0.676. The molecule has 0 saturated carbocycles. The predicted molar refractivity (Wildman–Crippen MR) is 69.8 cm³/mol. The lowest BCUT2D eigenvalue weighted by atomic mass is 10.2. The monoisotopic (exact) mass is 271 g/mol. The Hall–Kier alpha value is -2.50. The minimum absolute atomic E-state index is 0.167. The van der Waals surface area contributed by atoms with Gasteiger partial charge >= 0.3 is 0 Å². The summed E-state index contributed by atoms with van der Waals surface area (Å²) in [5.74, 6) is 0.695. The molecular formula is C14H10FN3O2. The van der Waals surface area contributed by atoms with Crippen LogP contribution in [0.3, 0.4) is 0 Å². The van der Waals surface area contributed by atoms with Crippen LogP contribution in [-0.2, 0) is 13.0 Å². The van der Waals surface area contributed by atoms with Gasteiger partial charge in [0, 0.05) is 18.5 Å². The van der Waals surface area contributed by atoms with Crippen LogP contribution in [0, 0.1) is 5.82 Å². The lowest BCUT2D eigenvalue weighted by Crippen LogP contribution is -2.20. The van der Waals surface area contributed by atoms with Crippen molar-refractivity contribution in [1.29, 1.82) is 0 Å². The second-order valence-corrected chi connectivity index (χ2v) is 4.77. The Balaban J connectivity index is 1.94. The number of halogens is 1. The van der Waals surface area contributed by atoms with E-state index < -0.39 is 0 Å². The summed E-state index contributed by atoms with van der Waals surface area (Å²) in [5.41, 5.74) is 0.936. The Morgan fingerprint density at radius 2 is 2.00 bits per heavy atom. The molecule has 4 rings (SSSR count). The van der Waals surface area contributed by atoms with E-state index in [0.717, 1.165) is 18.7 Å². The molecule has 3 heterocycles. The third-order valence-corrected chi connectivity index (χ3v) is 3.47. The number of hydrogen-bond donors (Lipinski definition) is 0. The molecule has 0 amide bonds. The van der Waals surface area contributed by atoms with Gasteiger partial charge in [-0.3, -0.25) is 9.36 Å². The highest BCUT2D eigenvalue weighted by Crippen LogP contribution is 2.23. The molecule has 0 saturated heterocycles. The summed E-state index contributed by atoms with van der Waals surface area (Å²) in [4.78, 5) is 20.8. The average molecular weight is 271 g/mol. The van der Waals surface area contributed by atoms with E-state index >= 15 is 0 Å². The fraction of sp³-hybridized carbons (Fsp3) is 0.214. The number of aryl methyl sites for hydroxylation is 1. The van der Waals surface area contributed by atoms with Crippen LogP contribution in [0.2, 0.25) is 0 Å². The fourth-order valence-electron chi connectivity index (χ4n) is 2.48. The van der Waals surface area contributed by atoms with Crippen LogP contribution in [0.1, 0.15) is 12.2 Å². The first-order valence-electron chi connectivity index (χ1n) is 6.38. The van der Waals surface area contributed by atoms with Crippen LogP contribution in [-0.4, -0.2) is 14.5 Å². The van der Waals surface area contributed by atoms with Crippen LogP contribution >= 0.6 is 0 Å². The van der Waals surface area contributed by atoms with Crippen LogP contribution in [0.25, 0.3) is 22.7 Å². The topological polar surface area (TPSA) is 60.9 Å². The molecule has 0 fully saturated rings. The van der Waals surface area contributed by atoms with E-state index in [-0.39, 0.29) is 28.5 Å². The molecule has 6 heteroatoms. The first-order valence-corrected chi connectivity index (χ1v) is 6.38. The van der Waals surface area contributed by atoms with Crippen molar-refractivity contribution in [2.75, 3.05) is 0 Å². The quantitative estimate of drug-likeness (QED) is 0.680. The molecule has 0 bridgehead atoms. The number of nitrogens with zero attached hydrogens (tertiary/aromatic N) is 3. The van der Waals surface area contributed by atoms with E-state index in [1.54, 1.807) is 16.7 Å². The summed E-state index contributed by atoms with van der Waals surface area (Å²) in [6.07, 6.45) is 1.69. The molecule has 0 atom stereocenters. The SMILES string of the molecule is O=c1c2nc(-c3ccc(F)cc3)oc2nc2n1CCC2. The van der Waals surface area contributed by atoms with Gasteiger partial charge < -0.3 is 4.42 Å². The zero-order valence-electron chi connectivity index (χ0n) is 10.5. The molecule has 2 aromatic heterocycles. The van der Waals surface area contributed by atoms with E-state index in [1.165, 1.54) is 12.1 Å². The number of aromatic nitrogens is 3. The molecule has 0 radical (unpaired) electrons. The molecule has 0 N–H and O–H groups in total. The van der Waals surface area contributed by atoms with Gasteiger partial charge in [-0.25, -0.2) is 9.37 Å². The van der Waals surface area contributed by atoms with Crippen molar-refractivity contribution in [2.24, 2.45) is 0 Å². The van der Waals surface area contributed by atoms with Crippen LogP contribution < -0.4 is 5.56 Å². The molecule has 0 unspecified atom stereocenters. The van der Waals surface area contributed by atoms with Crippen LogP contribution in [0.4, 0.5) is 4.39 Å². The molecule has 20 heavy (non-hydrogen) atoms. The summed E-state index contributed by atoms with van der Waals surface area (Å²) in [6, 6.07) is 5.77. The Bertz CT molecular complexity index is 864. The zero-order chi connectivity index (χ0) is 13.7. The van der Waals surface area contributed by atoms with Crippen molar-refractivity contribution >= 4 is 11.2 Å². The molecular weight excluding hydrogens is 261 g/mol. The Morgan fingerprint density at radius 3 is 2.80 bits per heavy atom. The lowest BCUT2D eigenvalue weighted by Gasteiger charge is -1.98. The Morgan fingerprint density at radius 1 is 1.20 bits per heavy atom. The minimum atomic E-state index is -0.331. The molecule has 1 aliphatic heterocycles. The Kier molecular flexibility index (Phi) is 2.26. The summed E-state index contributed by atoms with van der Waals surface area (Å²) >= 11 is 0. The van der Waals surface area contributed by atoms with E-state index in [0.29, 0.717) is 12.1 Å². The van der Waals surface area contributed by atoms with Gasteiger partial charge in [-0.1, -0.05) is 0 Å². The summed E-state index contributed by atoms with van der Waals surface area (Å²) in [7, 11) is 0. The number of fused-ring (bicyclic) bond motifs is 2. The minimum Gasteiger partial charge on any atom is -0.417 e. The zero-order valence-corrected chi connectivity index (χ0v) is 10.5. The van der Waals surface area contributed by atoms with Crippen molar-refractivity contribution in [3.8, 4) is 11.5 Å². The van der Waals surface area contributed by atoms with Gasteiger partial charge in [-0.05, 0) is 30.7 Å². The molecule has 5 nitrogen and oxygen atoms in total. The largest absolute Gasteiger partial charge is 0.417 e. The van der Waals surface area contributed by atoms with Crippen molar-refractivity contribution < 1.29 is 8.81 Å². The van der Waals surface area contributed by atoms with Crippen molar-refractivity contribution in [3.63, 3.8) is 0 Å². The standard InChI is InChI=1S/C14H10FN3O2/c15-9-5-3-8(4-6-9)12-17-11-13(20-12)16-10-2-1-7-18(10)14(11)19/h3-6H,1-2,7H2. The molecule has 3 aromatic rings. The van der Waals surface area contributed by atoms with E-state index in [4.69, 9.17) is 4.42 Å². The molecule has 0 aliphatic carbocycles.